The highest BCUT2D eigenvalue weighted by Crippen LogP contribution is 2.18. The van der Waals surface area contributed by atoms with E-state index in [2.05, 4.69) is 18.7 Å². The molecule has 0 aliphatic carbocycles. The highest BCUT2D eigenvalue weighted by atomic mass is 19.1. The molecule has 0 bridgehead atoms. The Labute approximate surface area is 73.7 Å². The van der Waals surface area contributed by atoms with E-state index >= 15 is 0 Å². The number of alkyl halides is 1. The molecule has 3 heteroatoms. The van der Waals surface area contributed by atoms with Gasteiger partial charge in [0.2, 0.25) is 0 Å². The van der Waals surface area contributed by atoms with E-state index in [1.54, 1.807) is 7.11 Å². The number of ether oxygens (including phenoxy) is 1. The molecule has 1 aliphatic rings. The summed E-state index contributed by atoms with van der Waals surface area (Å²) in [6, 6.07) is 0.445. The number of piperidine rings is 1. The van der Waals surface area contributed by atoms with Crippen LogP contribution in [-0.4, -0.2) is 43.4 Å². The lowest BCUT2D eigenvalue weighted by Crippen LogP contribution is -2.47. The van der Waals surface area contributed by atoms with Crippen molar-refractivity contribution in [3.05, 3.63) is 0 Å². The summed E-state index contributed by atoms with van der Waals surface area (Å²) in [7, 11) is 1.59. The Morgan fingerprint density at radius 2 is 2.17 bits per heavy atom. The molecule has 0 N–H and O–H groups in total. The number of rotatable bonds is 2. The van der Waals surface area contributed by atoms with Crippen LogP contribution < -0.4 is 0 Å². The second-order valence-electron chi connectivity index (χ2n) is 3.67. The van der Waals surface area contributed by atoms with Crippen LogP contribution in [0.15, 0.2) is 0 Å². The number of hydrogen-bond acceptors (Lipinski definition) is 2. The average Bonchev–Trinajstić information content (AvgIpc) is 2.04. The minimum absolute atomic E-state index is 0.181. The second-order valence-corrected chi connectivity index (χ2v) is 3.67. The zero-order chi connectivity index (χ0) is 9.14. The molecule has 1 aliphatic heterocycles. The lowest BCUT2D eigenvalue weighted by atomic mass is 10.0. The normalized spacial score (nSPS) is 32.8. The molecule has 72 valence electrons. The lowest BCUT2D eigenvalue weighted by molar-refractivity contribution is -0.0292. The van der Waals surface area contributed by atoms with Crippen molar-refractivity contribution >= 4 is 0 Å². The number of likely N-dealkylation sites (tertiary alicyclic amines) is 1. The van der Waals surface area contributed by atoms with Gasteiger partial charge in [0.25, 0.3) is 0 Å². The summed E-state index contributed by atoms with van der Waals surface area (Å²) in [6.07, 6.45) is -0.179. The molecule has 0 aromatic rings. The SMILES string of the molecule is COC1CCN(C(C)C)CC1F. The van der Waals surface area contributed by atoms with Crippen molar-refractivity contribution in [3.63, 3.8) is 0 Å². The first-order valence-electron chi connectivity index (χ1n) is 4.56. The van der Waals surface area contributed by atoms with E-state index in [4.69, 9.17) is 4.74 Å². The number of halogens is 1. The predicted molar refractivity (Wildman–Crippen MR) is 47.0 cm³/mol. The Morgan fingerprint density at radius 1 is 1.50 bits per heavy atom. The summed E-state index contributed by atoms with van der Waals surface area (Å²) >= 11 is 0. The summed E-state index contributed by atoms with van der Waals surface area (Å²) in [5, 5.41) is 0. The predicted octanol–water partition coefficient (Wildman–Crippen LogP) is 1.45. The van der Waals surface area contributed by atoms with Gasteiger partial charge in [-0.05, 0) is 20.3 Å². The standard InChI is InChI=1S/C9H18FNO/c1-7(2)11-5-4-9(12-3)8(10)6-11/h7-9H,4-6H2,1-3H3. The van der Waals surface area contributed by atoms with Gasteiger partial charge in [0.05, 0.1) is 6.10 Å². The van der Waals surface area contributed by atoms with Gasteiger partial charge in [-0.15, -0.1) is 0 Å². The van der Waals surface area contributed by atoms with E-state index in [0.717, 1.165) is 13.0 Å². The maximum atomic E-state index is 13.3. The monoisotopic (exact) mass is 175 g/mol. The fourth-order valence-corrected chi connectivity index (χ4v) is 1.64. The largest absolute Gasteiger partial charge is 0.378 e. The molecule has 0 spiro atoms. The van der Waals surface area contributed by atoms with E-state index in [-0.39, 0.29) is 6.10 Å². The Bertz CT molecular complexity index is 140. The molecule has 1 saturated heterocycles. The first kappa shape index (κ1) is 9.93. The molecule has 1 fully saturated rings. The zero-order valence-electron chi connectivity index (χ0n) is 8.09. The van der Waals surface area contributed by atoms with Crippen LogP contribution in [0.5, 0.6) is 0 Å². The molecule has 2 unspecified atom stereocenters. The zero-order valence-corrected chi connectivity index (χ0v) is 8.09. The van der Waals surface area contributed by atoms with Gasteiger partial charge in [-0.3, -0.25) is 4.90 Å². The molecule has 0 aromatic heterocycles. The van der Waals surface area contributed by atoms with Gasteiger partial charge in [-0.2, -0.15) is 0 Å². The molecule has 0 aromatic carbocycles. The third kappa shape index (κ3) is 2.17. The van der Waals surface area contributed by atoms with Crippen LogP contribution in [0.25, 0.3) is 0 Å². The molecule has 0 radical (unpaired) electrons. The molecule has 2 nitrogen and oxygen atoms in total. The van der Waals surface area contributed by atoms with E-state index in [1.807, 2.05) is 0 Å². The molecule has 1 heterocycles. The Kier molecular flexibility index (Phi) is 3.47. The summed E-state index contributed by atoms with van der Waals surface area (Å²) in [6.45, 7) is 5.67. The fourth-order valence-electron chi connectivity index (χ4n) is 1.64. The van der Waals surface area contributed by atoms with Crippen molar-refractivity contribution in [2.45, 2.75) is 38.6 Å². The lowest BCUT2D eigenvalue weighted by Gasteiger charge is -2.36. The highest BCUT2D eigenvalue weighted by molar-refractivity contribution is 4.82. The van der Waals surface area contributed by atoms with E-state index in [0.29, 0.717) is 12.6 Å². The summed E-state index contributed by atoms with van der Waals surface area (Å²) < 4.78 is 18.3. The maximum absolute atomic E-state index is 13.3. The summed E-state index contributed by atoms with van der Waals surface area (Å²) in [5.41, 5.74) is 0. The molecule has 2 atom stereocenters. The number of hydrogen-bond donors (Lipinski definition) is 0. The third-order valence-electron chi connectivity index (χ3n) is 2.55. The van der Waals surface area contributed by atoms with Gasteiger partial charge < -0.3 is 4.74 Å². The van der Waals surface area contributed by atoms with Crippen LogP contribution in [-0.2, 0) is 4.74 Å². The van der Waals surface area contributed by atoms with Gasteiger partial charge in [-0.1, -0.05) is 0 Å². The van der Waals surface area contributed by atoms with Crippen molar-refractivity contribution in [2.24, 2.45) is 0 Å². The van der Waals surface area contributed by atoms with Crippen LogP contribution in [0.1, 0.15) is 20.3 Å². The minimum Gasteiger partial charge on any atom is -0.378 e. The number of nitrogens with zero attached hydrogens (tertiary/aromatic N) is 1. The number of methoxy groups -OCH3 is 1. The second kappa shape index (κ2) is 4.19. The molecule has 1 rings (SSSR count). The van der Waals surface area contributed by atoms with Gasteiger partial charge in [0.15, 0.2) is 0 Å². The van der Waals surface area contributed by atoms with Crippen molar-refractivity contribution < 1.29 is 9.13 Å². The molecule has 0 saturated carbocycles. The van der Waals surface area contributed by atoms with Crippen LogP contribution in [0, 0.1) is 0 Å². The Hall–Kier alpha value is -0.150. The van der Waals surface area contributed by atoms with Crippen molar-refractivity contribution in [1.29, 1.82) is 0 Å². The Balaban J connectivity index is 2.40. The summed E-state index contributed by atoms with van der Waals surface area (Å²) in [5.74, 6) is 0. The third-order valence-corrected chi connectivity index (χ3v) is 2.55. The quantitative estimate of drug-likeness (QED) is 0.630. The van der Waals surface area contributed by atoms with Crippen LogP contribution in [0.3, 0.4) is 0 Å². The van der Waals surface area contributed by atoms with Crippen molar-refractivity contribution in [2.75, 3.05) is 20.2 Å². The van der Waals surface area contributed by atoms with Gasteiger partial charge in [-0.25, -0.2) is 4.39 Å². The Morgan fingerprint density at radius 3 is 2.58 bits per heavy atom. The van der Waals surface area contributed by atoms with Crippen LogP contribution in [0.4, 0.5) is 4.39 Å². The summed E-state index contributed by atoms with van der Waals surface area (Å²) in [4.78, 5) is 2.15. The van der Waals surface area contributed by atoms with Gasteiger partial charge in [0, 0.05) is 26.2 Å². The molecule has 0 amide bonds. The molecular formula is C9H18FNO. The van der Waals surface area contributed by atoms with E-state index in [9.17, 15) is 4.39 Å². The molecule has 12 heavy (non-hydrogen) atoms. The molecular weight excluding hydrogens is 157 g/mol. The van der Waals surface area contributed by atoms with Crippen molar-refractivity contribution in [1.82, 2.24) is 4.90 Å². The minimum atomic E-state index is -0.814. The van der Waals surface area contributed by atoms with Crippen molar-refractivity contribution in [3.8, 4) is 0 Å². The van der Waals surface area contributed by atoms with Crippen LogP contribution >= 0.6 is 0 Å². The van der Waals surface area contributed by atoms with E-state index < -0.39 is 6.17 Å². The average molecular weight is 175 g/mol. The topological polar surface area (TPSA) is 12.5 Å². The van der Waals surface area contributed by atoms with E-state index in [1.165, 1.54) is 0 Å². The van der Waals surface area contributed by atoms with Gasteiger partial charge in [0.1, 0.15) is 6.17 Å². The highest BCUT2D eigenvalue weighted by Gasteiger charge is 2.29. The van der Waals surface area contributed by atoms with Crippen LogP contribution in [0.2, 0.25) is 0 Å². The first-order chi connectivity index (χ1) is 5.65. The first-order valence-corrected chi connectivity index (χ1v) is 4.56. The smallest absolute Gasteiger partial charge is 0.139 e. The van der Waals surface area contributed by atoms with Gasteiger partial charge >= 0.3 is 0 Å². The maximum Gasteiger partial charge on any atom is 0.139 e. The fraction of sp³-hybridized carbons (Fsp3) is 1.00.